The molecule has 1 atom stereocenters. The quantitative estimate of drug-likeness (QED) is 0.367. The monoisotopic (exact) mass is 427 g/mol. The number of thiocarbonyl (C=S) groups is 1. The van der Waals surface area contributed by atoms with Crippen molar-refractivity contribution < 1.29 is 19.4 Å². The van der Waals surface area contributed by atoms with Gasteiger partial charge in [-0.3, -0.25) is 9.69 Å². The summed E-state index contributed by atoms with van der Waals surface area (Å²) in [6.45, 7) is 2.78. The predicted octanol–water partition coefficient (Wildman–Crippen LogP) is 4.89. The molecular formula is C22H21NO4S2. The van der Waals surface area contributed by atoms with Crippen molar-refractivity contribution in [1.82, 2.24) is 4.90 Å². The molecule has 150 valence electrons. The lowest BCUT2D eigenvalue weighted by Crippen LogP contribution is -2.37. The third-order valence-electron chi connectivity index (χ3n) is 4.38. The summed E-state index contributed by atoms with van der Waals surface area (Å²) in [4.78, 5) is 26.4. The standard InChI is InChI=1S/C22H21NO4S2/c1-2-3-13-27-17-11-9-15(10-12-17)14-18-20(24)23(22(28)29-18)19(21(25)26)16-7-5-4-6-8-16/h4-12,14,19H,2-3,13H2,1H3,(H,25,26)/b18-14-. The molecule has 1 saturated heterocycles. The van der Waals surface area contributed by atoms with Crippen LogP contribution in [0.1, 0.15) is 36.9 Å². The fraction of sp³-hybridized carbons (Fsp3) is 0.227. The molecule has 2 aromatic carbocycles. The molecule has 1 N–H and O–H groups in total. The highest BCUT2D eigenvalue weighted by molar-refractivity contribution is 8.26. The molecule has 1 heterocycles. The predicted molar refractivity (Wildman–Crippen MR) is 119 cm³/mol. The van der Waals surface area contributed by atoms with Crippen molar-refractivity contribution >= 4 is 46.3 Å². The van der Waals surface area contributed by atoms with Gasteiger partial charge in [0.2, 0.25) is 0 Å². The molecule has 2 aromatic rings. The van der Waals surface area contributed by atoms with Crippen LogP contribution in [0.5, 0.6) is 5.75 Å². The molecule has 0 radical (unpaired) electrons. The number of benzene rings is 2. The summed E-state index contributed by atoms with van der Waals surface area (Å²) < 4.78 is 5.88. The maximum absolute atomic E-state index is 12.9. The first-order valence-electron chi connectivity index (χ1n) is 9.29. The van der Waals surface area contributed by atoms with E-state index >= 15 is 0 Å². The van der Waals surface area contributed by atoms with Gasteiger partial charge >= 0.3 is 5.97 Å². The lowest BCUT2D eigenvalue weighted by Gasteiger charge is -2.23. The Morgan fingerprint density at radius 3 is 2.52 bits per heavy atom. The van der Waals surface area contributed by atoms with Crippen molar-refractivity contribution in [1.29, 1.82) is 0 Å². The zero-order valence-electron chi connectivity index (χ0n) is 15.9. The number of aliphatic carboxylic acids is 1. The molecule has 0 aliphatic carbocycles. The van der Waals surface area contributed by atoms with E-state index in [-0.39, 0.29) is 4.32 Å². The van der Waals surface area contributed by atoms with Crippen LogP contribution in [0.4, 0.5) is 0 Å². The SMILES string of the molecule is CCCCOc1ccc(/C=C2\SC(=S)N(C(C(=O)O)c3ccccc3)C2=O)cc1. The van der Waals surface area contributed by atoms with E-state index in [2.05, 4.69) is 6.92 Å². The van der Waals surface area contributed by atoms with E-state index in [0.717, 1.165) is 35.9 Å². The van der Waals surface area contributed by atoms with Crippen LogP contribution in [-0.2, 0) is 9.59 Å². The number of thioether (sulfide) groups is 1. The minimum atomic E-state index is -1.15. The molecule has 1 unspecified atom stereocenters. The molecule has 1 amide bonds. The van der Waals surface area contributed by atoms with Gasteiger partial charge in [-0.25, -0.2) is 4.79 Å². The van der Waals surface area contributed by atoms with Crippen molar-refractivity contribution in [3.05, 3.63) is 70.6 Å². The fourth-order valence-electron chi connectivity index (χ4n) is 2.89. The van der Waals surface area contributed by atoms with E-state index in [1.807, 2.05) is 24.3 Å². The summed E-state index contributed by atoms with van der Waals surface area (Å²) in [5.74, 6) is -0.750. The van der Waals surface area contributed by atoms with Gasteiger partial charge in [-0.2, -0.15) is 0 Å². The lowest BCUT2D eigenvalue weighted by atomic mass is 10.1. The van der Waals surface area contributed by atoms with Crippen molar-refractivity contribution in [2.45, 2.75) is 25.8 Å². The molecule has 0 aromatic heterocycles. The molecule has 29 heavy (non-hydrogen) atoms. The highest BCUT2D eigenvalue weighted by Gasteiger charge is 2.41. The number of hydrogen-bond acceptors (Lipinski definition) is 5. The number of carbonyl (C=O) groups excluding carboxylic acids is 1. The lowest BCUT2D eigenvalue weighted by molar-refractivity contribution is -0.145. The van der Waals surface area contributed by atoms with Gasteiger partial charge in [-0.15, -0.1) is 0 Å². The Bertz CT molecular complexity index is 926. The average molecular weight is 428 g/mol. The van der Waals surface area contributed by atoms with Gasteiger partial charge in [-0.1, -0.05) is 79.8 Å². The van der Waals surface area contributed by atoms with Crippen LogP contribution in [0.2, 0.25) is 0 Å². The number of carboxylic acids is 1. The highest BCUT2D eigenvalue weighted by Crippen LogP contribution is 2.38. The van der Waals surface area contributed by atoms with E-state index in [4.69, 9.17) is 17.0 Å². The number of amides is 1. The van der Waals surface area contributed by atoms with Crippen LogP contribution in [0, 0.1) is 0 Å². The summed E-state index contributed by atoms with van der Waals surface area (Å²) in [6.07, 6.45) is 3.79. The Kier molecular flexibility index (Phi) is 7.06. The van der Waals surface area contributed by atoms with Gasteiger partial charge in [0.25, 0.3) is 5.91 Å². The number of carboxylic acid groups (broad SMARTS) is 1. The number of hydrogen-bond donors (Lipinski definition) is 1. The molecule has 5 nitrogen and oxygen atoms in total. The van der Waals surface area contributed by atoms with E-state index in [0.29, 0.717) is 17.1 Å². The van der Waals surface area contributed by atoms with Gasteiger partial charge < -0.3 is 9.84 Å². The average Bonchev–Trinajstić information content (AvgIpc) is 2.98. The molecule has 0 saturated carbocycles. The smallest absolute Gasteiger partial charge is 0.331 e. The maximum Gasteiger partial charge on any atom is 0.331 e. The van der Waals surface area contributed by atoms with E-state index in [1.165, 1.54) is 4.90 Å². The van der Waals surface area contributed by atoms with Crippen molar-refractivity contribution in [2.24, 2.45) is 0 Å². The third-order valence-corrected chi connectivity index (χ3v) is 5.71. The van der Waals surface area contributed by atoms with Gasteiger partial charge in [0, 0.05) is 0 Å². The van der Waals surface area contributed by atoms with E-state index in [1.54, 1.807) is 36.4 Å². The molecule has 3 rings (SSSR count). The minimum absolute atomic E-state index is 0.233. The number of ether oxygens (including phenoxy) is 1. The first-order valence-corrected chi connectivity index (χ1v) is 10.5. The number of nitrogens with zero attached hydrogens (tertiary/aromatic N) is 1. The Labute approximate surface area is 179 Å². The second-order valence-corrected chi connectivity index (χ2v) is 8.15. The summed E-state index contributed by atoms with van der Waals surface area (Å²) in [5, 5.41) is 9.72. The van der Waals surface area contributed by atoms with Gasteiger partial charge in [-0.05, 0) is 35.8 Å². The second-order valence-electron chi connectivity index (χ2n) is 6.47. The number of carbonyl (C=O) groups is 2. The Hall–Kier alpha value is -2.64. The van der Waals surface area contributed by atoms with Crippen LogP contribution in [-0.4, -0.2) is 32.8 Å². The first-order chi connectivity index (χ1) is 14.0. The Balaban J connectivity index is 1.80. The van der Waals surface area contributed by atoms with Crippen LogP contribution in [0.15, 0.2) is 59.5 Å². The summed E-state index contributed by atoms with van der Waals surface area (Å²) in [7, 11) is 0. The molecule has 7 heteroatoms. The number of rotatable bonds is 8. The van der Waals surface area contributed by atoms with Crippen LogP contribution in [0.25, 0.3) is 6.08 Å². The second kappa shape index (κ2) is 9.71. The highest BCUT2D eigenvalue weighted by atomic mass is 32.2. The first kappa shape index (κ1) is 21.1. The molecule has 1 aliphatic rings. The zero-order valence-corrected chi connectivity index (χ0v) is 17.5. The van der Waals surface area contributed by atoms with E-state index in [9.17, 15) is 14.7 Å². The normalized spacial score (nSPS) is 16.3. The van der Waals surface area contributed by atoms with Gasteiger partial charge in [0.05, 0.1) is 11.5 Å². The molecule has 1 aliphatic heterocycles. The summed E-state index contributed by atoms with van der Waals surface area (Å²) >= 11 is 6.44. The Morgan fingerprint density at radius 1 is 1.21 bits per heavy atom. The van der Waals surface area contributed by atoms with Gasteiger partial charge in [0.15, 0.2) is 6.04 Å². The number of unbranched alkanes of at least 4 members (excludes halogenated alkanes) is 1. The van der Waals surface area contributed by atoms with Crippen LogP contribution < -0.4 is 4.74 Å². The molecule has 0 bridgehead atoms. The molecule has 0 spiro atoms. The minimum Gasteiger partial charge on any atom is -0.494 e. The van der Waals surface area contributed by atoms with E-state index < -0.39 is 17.9 Å². The topological polar surface area (TPSA) is 66.8 Å². The van der Waals surface area contributed by atoms with Crippen molar-refractivity contribution in [2.75, 3.05) is 6.61 Å². The summed E-state index contributed by atoms with van der Waals surface area (Å²) in [6, 6.07) is 14.9. The summed E-state index contributed by atoms with van der Waals surface area (Å²) in [5.41, 5.74) is 1.33. The Morgan fingerprint density at radius 2 is 1.90 bits per heavy atom. The third kappa shape index (κ3) is 5.05. The zero-order chi connectivity index (χ0) is 20.8. The molecule has 1 fully saturated rings. The van der Waals surface area contributed by atoms with Gasteiger partial charge in [0.1, 0.15) is 10.1 Å². The largest absolute Gasteiger partial charge is 0.494 e. The van der Waals surface area contributed by atoms with Crippen LogP contribution in [0.3, 0.4) is 0 Å². The van der Waals surface area contributed by atoms with Crippen LogP contribution >= 0.6 is 24.0 Å². The fourth-order valence-corrected chi connectivity index (χ4v) is 4.20. The van der Waals surface area contributed by atoms with Crippen molar-refractivity contribution in [3.8, 4) is 5.75 Å². The van der Waals surface area contributed by atoms with Crippen molar-refractivity contribution in [3.63, 3.8) is 0 Å². The molecular weight excluding hydrogens is 406 g/mol. The maximum atomic E-state index is 12.9.